The van der Waals surface area contributed by atoms with Crippen molar-refractivity contribution in [3.05, 3.63) is 29.8 Å². The quantitative estimate of drug-likeness (QED) is 0.692. The summed E-state index contributed by atoms with van der Waals surface area (Å²) in [5.74, 6) is 0.303. The van der Waals surface area contributed by atoms with Crippen LogP contribution in [0.25, 0.3) is 0 Å². The molecule has 1 saturated carbocycles. The Bertz CT molecular complexity index is 737. The predicted molar refractivity (Wildman–Crippen MR) is 109 cm³/mol. The van der Waals surface area contributed by atoms with E-state index in [-0.39, 0.29) is 30.9 Å². The van der Waals surface area contributed by atoms with Crippen LogP contribution in [0.15, 0.2) is 24.3 Å². The highest BCUT2D eigenvalue weighted by molar-refractivity contribution is 5.95. The summed E-state index contributed by atoms with van der Waals surface area (Å²) in [6.45, 7) is 5.96. The maximum atomic E-state index is 13.1. The van der Waals surface area contributed by atoms with E-state index in [1.54, 1.807) is 0 Å². The number of nitrogens with zero attached hydrogens (tertiary/aromatic N) is 1. The fourth-order valence-corrected chi connectivity index (χ4v) is 3.93. The van der Waals surface area contributed by atoms with E-state index in [0.717, 1.165) is 25.3 Å². The number of para-hydroxylation sites is 1. The first kappa shape index (κ1) is 24.2. The van der Waals surface area contributed by atoms with Crippen LogP contribution < -0.4 is 5.32 Å². The van der Waals surface area contributed by atoms with E-state index in [4.69, 9.17) is 4.74 Å². The van der Waals surface area contributed by atoms with Gasteiger partial charge in [0.15, 0.2) is 0 Å². The number of hydrogen-bond acceptors (Lipinski definition) is 3. The highest BCUT2D eigenvalue weighted by Gasteiger charge is 2.34. The van der Waals surface area contributed by atoms with E-state index in [0.29, 0.717) is 17.8 Å². The molecule has 1 aliphatic rings. The second-order valence-corrected chi connectivity index (χ2v) is 8.52. The van der Waals surface area contributed by atoms with Gasteiger partial charge in [0, 0.05) is 7.05 Å². The summed E-state index contributed by atoms with van der Waals surface area (Å²) >= 11 is 0. The lowest BCUT2D eigenvalue weighted by molar-refractivity contribution is -0.142. The van der Waals surface area contributed by atoms with Crippen molar-refractivity contribution in [2.24, 2.45) is 17.8 Å². The summed E-state index contributed by atoms with van der Waals surface area (Å²) in [6, 6.07) is 4.74. The summed E-state index contributed by atoms with van der Waals surface area (Å²) in [5, 5.41) is 2.24. The number of nitrogens with one attached hydrogen (secondary N) is 1. The van der Waals surface area contributed by atoms with Gasteiger partial charge in [-0.05, 0) is 42.7 Å². The van der Waals surface area contributed by atoms with Crippen molar-refractivity contribution in [1.82, 2.24) is 4.90 Å². The van der Waals surface area contributed by atoms with E-state index < -0.39 is 17.6 Å². The Morgan fingerprint density at radius 1 is 1.23 bits per heavy atom. The van der Waals surface area contributed by atoms with Gasteiger partial charge in [0.1, 0.15) is 6.61 Å². The Hall–Kier alpha value is -2.09. The minimum atomic E-state index is -4.58. The molecule has 8 heteroatoms. The molecule has 30 heavy (non-hydrogen) atoms. The first-order valence-electron chi connectivity index (χ1n) is 10.3. The van der Waals surface area contributed by atoms with Crippen molar-refractivity contribution in [3.63, 3.8) is 0 Å². The van der Waals surface area contributed by atoms with Crippen LogP contribution >= 0.6 is 0 Å². The normalized spacial score (nSPS) is 22.1. The van der Waals surface area contributed by atoms with Crippen LogP contribution in [0.2, 0.25) is 0 Å². The molecule has 0 spiro atoms. The molecule has 1 aromatic rings. The van der Waals surface area contributed by atoms with E-state index in [9.17, 15) is 22.8 Å². The fraction of sp³-hybridized carbons (Fsp3) is 0.636. The van der Waals surface area contributed by atoms with Crippen LogP contribution in [-0.2, 0) is 20.5 Å². The molecule has 2 amide bonds. The fourth-order valence-electron chi connectivity index (χ4n) is 3.93. The Kier molecular flexibility index (Phi) is 8.29. The number of alkyl halides is 3. The smallest absolute Gasteiger partial charge is 0.368 e. The van der Waals surface area contributed by atoms with E-state index in [1.165, 1.54) is 30.1 Å². The largest absolute Gasteiger partial charge is 0.418 e. The number of rotatable bonds is 7. The number of carbonyl (C=O) groups excluding carboxylic acids is 2. The van der Waals surface area contributed by atoms with Gasteiger partial charge in [-0.2, -0.15) is 13.2 Å². The average molecular weight is 428 g/mol. The Morgan fingerprint density at radius 2 is 1.90 bits per heavy atom. The van der Waals surface area contributed by atoms with Crippen LogP contribution in [0.1, 0.15) is 45.6 Å². The Labute approximate surface area is 176 Å². The SMILES string of the molecule is CC1CCC(C(C)C)C(OCC(=O)N(C)CC(=O)Nc2ccccc2C(F)(F)F)C1. The standard InChI is InChI=1S/C22H31F3N2O3/c1-14(2)16-10-9-15(3)11-19(16)30-13-21(29)27(4)12-20(28)26-18-8-6-5-7-17(18)22(23,24)25/h5-8,14-16,19H,9-13H2,1-4H3,(H,26,28). The zero-order valence-electron chi connectivity index (χ0n) is 18.0. The summed E-state index contributed by atoms with van der Waals surface area (Å²) < 4.78 is 45.1. The van der Waals surface area contributed by atoms with Gasteiger partial charge in [-0.15, -0.1) is 0 Å². The summed E-state index contributed by atoms with van der Waals surface area (Å²) in [6.07, 6.45) is -1.47. The molecule has 1 N–H and O–H groups in total. The van der Waals surface area contributed by atoms with E-state index in [1.807, 2.05) is 0 Å². The van der Waals surface area contributed by atoms with Crippen LogP contribution in [0.4, 0.5) is 18.9 Å². The van der Waals surface area contributed by atoms with Crippen LogP contribution in [0.3, 0.4) is 0 Å². The molecule has 1 aliphatic carbocycles. The topological polar surface area (TPSA) is 58.6 Å². The summed E-state index contributed by atoms with van der Waals surface area (Å²) in [5.41, 5.74) is -1.26. The van der Waals surface area contributed by atoms with Gasteiger partial charge in [0.25, 0.3) is 0 Å². The second kappa shape index (κ2) is 10.3. The molecule has 0 radical (unpaired) electrons. The van der Waals surface area contributed by atoms with Crippen molar-refractivity contribution in [3.8, 4) is 0 Å². The molecule has 0 aliphatic heterocycles. The number of anilines is 1. The molecule has 2 rings (SSSR count). The van der Waals surface area contributed by atoms with Crippen LogP contribution in [-0.4, -0.2) is 43.0 Å². The molecule has 3 unspecified atom stereocenters. The third-order valence-corrected chi connectivity index (χ3v) is 5.70. The molecule has 0 bridgehead atoms. The van der Waals surface area contributed by atoms with Gasteiger partial charge in [-0.3, -0.25) is 9.59 Å². The Balaban J connectivity index is 1.89. The first-order chi connectivity index (χ1) is 14.0. The molecule has 1 aromatic carbocycles. The third kappa shape index (κ3) is 6.72. The van der Waals surface area contributed by atoms with Gasteiger partial charge in [0.2, 0.25) is 11.8 Å². The molecule has 3 atom stereocenters. The van der Waals surface area contributed by atoms with Gasteiger partial charge < -0.3 is 15.0 Å². The number of hydrogen-bond donors (Lipinski definition) is 1. The lowest BCUT2D eigenvalue weighted by Crippen LogP contribution is -2.40. The average Bonchev–Trinajstić information content (AvgIpc) is 2.65. The van der Waals surface area contributed by atoms with Gasteiger partial charge >= 0.3 is 6.18 Å². The zero-order valence-corrected chi connectivity index (χ0v) is 18.0. The maximum absolute atomic E-state index is 13.1. The van der Waals surface area contributed by atoms with Crippen molar-refractivity contribution in [1.29, 1.82) is 0 Å². The van der Waals surface area contributed by atoms with Crippen LogP contribution in [0, 0.1) is 17.8 Å². The molecule has 0 aromatic heterocycles. The highest BCUT2D eigenvalue weighted by atomic mass is 19.4. The number of ether oxygens (including phenoxy) is 1. The molecule has 168 valence electrons. The van der Waals surface area contributed by atoms with Crippen molar-refractivity contribution >= 4 is 17.5 Å². The number of halogens is 3. The summed E-state index contributed by atoms with van der Waals surface area (Å²) in [4.78, 5) is 25.8. The lowest BCUT2D eigenvalue weighted by atomic mass is 9.75. The maximum Gasteiger partial charge on any atom is 0.418 e. The zero-order chi connectivity index (χ0) is 22.5. The second-order valence-electron chi connectivity index (χ2n) is 8.52. The van der Waals surface area contributed by atoms with Gasteiger partial charge in [-0.1, -0.05) is 39.3 Å². The van der Waals surface area contributed by atoms with E-state index in [2.05, 4.69) is 26.1 Å². The highest BCUT2D eigenvalue weighted by Crippen LogP contribution is 2.36. The number of amides is 2. The number of likely N-dealkylation sites (N-methyl/N-ethyl adjacent to an activating group) is 1. The monoisotopic (exact) mass is 428 g/mol. The van der Waals surface area contributed by atoms with Crippen LogP contribution in [0.5, 0.6) is 0 Å². The van der Waals surface area contributed by atoms with Gasteiger partial charge in [-0.25, -0.2) is 0 Å². The van der Waals surface area contributed by atoms with E-state index >= 15 is 0 Å². The number of benzene rings is 1. The third-order valence-electron chi connectivity index (χ3n) is 5.70. The van der Waals surface area contributed by atoms with Crippen molar-refractivity contribution < 1.29 is 27.5 Å². The van der Waals surface area contributed by atoms with Crippen molar-refractivity contribution in [2.75, 3.05) is 25.5 Å². The first-order valence-corrected chi connectivity index (χ1v) is 10.3. The predicted octanol–water partition coefficient (Wildman–Crippen LogP) is 4.58. The molecule has 0 heterocycles. The minimum absolute atomic E-state index is 0.00131. The molecular formula is C22H31F3N2O3. The lowest BCUT2D eigenvalue weighted by Gasteiger charge is -2.37. The molecule has 5 nitrogen and oxygen atoms in total. The summed E-state index contributed by atoms with van der Waals surface area (Å²) in [7, 11) is 1.43. The molecular weight excluding hydrogens is 397 g/mol. The minimum Gasteiger partial charge on any atom is -0.368 e. The Morgan fingerprint density at radius 3 is 2.53 bits per heavy atom. The number of carbonyl (C=O) groups is 2. The molecule has 1 fully saturated rings. The van der Waals surface area contributed by atoms with Gasteiger partial charge in [0.05, 0.1) is 23.9 Å². The molecule has 0 saturated heterocycles. The van der Waals surface area contributed by atoms with Crippen molar-refractivity contribution in [2.45, 2.75) is 52.3 Å².